The van der Waals surface area contributed by atoms with E-state index in [2.05, 4.69) is 5.43 Å². The highest BCUT2D eigenvalue weighted by Gasteiger charge is 2.31. The molecule has 0 bridgehead atoms. The zero-order valence-corrected chi connectivity index (χ0v) is 16.5. The third-order valence-corrected chi connectivity index (χ3v) is 5.15. The number of nitrogens with two attached hydrogens (primary N) is 1. The van der Waals surface area contributed by atoms with Crippen molar-refractivity contribution in [1.82, 2.24) is 4.68 Å². The summed E-state index contributed by atoms with van der Waals surface area (Å²) in [6.07, 6.45) is 0.461. The number of hydrogen-bond acceptors (Lipinski definition) is 6. The van der Waals surface area contributed by atoms with Gasteiger partial charge in [0.2, 0.25) is 10.0 Å². The molecule has 0 aliphatic heterocycles. The number of para-hydroxylation sites is 1. The van der Waals surface area contributed by atoms with Crippen LogP contribution in [0.2, 0.25) is 0 Å². The number of ketones is 1. The van der Waals surface area contributed by atoms with Crippen LogP contribution in [-0.4, -0.2) is 31.3 Å². The van der Waals surface area contributed by atoms with Crippen LogP contribution in [0.4, 0.5) is 0 Å². The first-order chi connectivity index (χ1) is 13.2. The summed E-state index contributed by atoms with van der Waals surface area (Å²) in [6, 6.07) is 6.06. The van der Waals surface area contributed by atoms with Crippen molar-refractivity contribution in [1.29, 1.82) is 0 Å². The zero-order chi connectivity index (χ0) is 21.1. The number of benzene rings is 1. The lowest BCUT2D eigenvalue weighted by atomic mass is 10.1. The zero-order valence-electron chi connectivity index (χ0n) is 15.7. The Morgan fingerprint density at radius 1 is 1.18 bits per heavy atom. The molecule has 0 unspecified atom stereocenters. The summed E-state index contributed by atoms with van der Waals surface area (Å²) in [7, 11) is -4.21. The van der Waals surface area contributed by atoms with Crippen molar-refractivity contribution in [3.63, 3.8) is 0 Å². The molecule has 3 N–H and O–H groups in total. The van der Waals surface area contributed by atoms with Gasteiger partial charge in [-0.25, -0.2) is 13.6 Å². The monoisotopic (exact) mass is 407 g/mol. The van der Waals surface area contributed by atoms with Crippen molar-refractivity contribution < 1.29 is 27.5 Å². The molecular weight excluding hydrogens is 386 g/mol. The van der Waals surface area contributed by atoms with Crippen LogP contribution in [0.3, 0.4) is 0 Å². The van der Waals surface area contributed by atoms with Crippen LogP contribution in [0.15, 0.2) is 29.2 Å². The summed E-state index contributed by atoms with van der Waals surface area (Å²) in [5, 5.41) is 5.35. The van der Waals surface area contributed by atoms with Crippen LogP contribution < -0.4 is 15.3 Å². The summed E-state index contributed by atoms with van der Waals surface area (Å²) in [5.41, 5.74) is 3.12. The normalized spacial score (nSPS) is 11.1. The molecule has 0 atom stereocenters. The Labute approximate surface area is 162 Å². The van der Waals surface area contributed by atoms with E-state index in [0.717, 1.165) is 0 Å². The van der Waals surface area contributed by atoms with Crippen LogP contribution in [0.25, 0.3) is 0 Å². The van der Waals surface area contributed by atoms with Gasteiger partial charge in [0, 0.05) is 0 Å². The number of nitrogens with zero attached hydrogens (tertiary/aromatic N) is 1. The lowest BCUT2D eigenvalue weighted by molar-refractivity contribution is -0.120. The van der Waals surface area contributed by atoms with Gasteiger partial charge in [-0.1, -0.05) is 26.0 Å². The highest BCUT2D eigenvalue weighted by Crippen LogP contribution is 2.28. The number of nitrogens with one attached hydrogen (secondary N) is 1. The summed E-state index contributed by atoms with van der Waals surface area (Å²) in [5.74, 6) is -1.09. The van der Waals surface area contributed by atoms with Crippen molar-refractivity contribution in [2.24, 2.45) is 5.14 Å². The Morgan fingerprint density at radius 3 is 2.29 bits per heavy atom. The van der Waals surface area contributed by atoms with E-state index in [1.807, 2.05) is 0 Å². The van der Waals surface area contributed by atoms with E-state index < -0.39 is 21.7 Å². The summed E-state index contributed by atoms with van der Waals surface area (Å²) < 4.78 is 30.4. The molecule has 1 heterocycles. The highest BCUT2D eigenvalue weighted by atomic mass is 32.2. The number of sulfonamides is 1. The fourth-order valence-electron chi connectivity index (χ4n) is 3.08. The summed E-state index contributed by atoms with van der Waals surface area (Å²) in [4.78, 5) is 35.3. The first-order valence-corrected chi connectivity index (χ1v) is 10.0. The number of hydrogen-bond donors (Lipinski definition) is 2. The molecule has 0 aliphatic carbocycles. The van der Waals surface area contributed by atoms with Crippen LogP contribution >= 0.6 is 0 Å². The maximum atomic E-state index is 12.8. The maximum Gasteiger partial charge on any atom is 0.298 e. The molecule has 2 rings (SSSR count). The van der Waals surface area contributed by atoms with Crippen LogP contribution in [0, 0.1) is 0 Å². The second-order valence-corrected chi connectivity index (χ2v) is 7.39. The number of ether oxygens (including phenoxy) is 1. The van der Waals surface area contributed by atoms with Gasteiger partial charge in [-0.05, 0) is 31.9 Å². The van der Waals surface area contributed by atoms with Gasteiger partial charge >= 0.3 is 0 Å². The van der Waals surface area contributed by atoms with E-state index in [1.165, 1.54) is 23.7 Å². The Kier molecular flexibility index (Phi) is 6.37. The van der Waals surface area contributed by atoms with E-state index in [1.54, 1.807) is 26.0 Å². The molecule has 1 amide bonds. The van der Waals surface area contributed by atoms with Gasteiger partial charge in [0.15, 0.2) is 5.78 Å². The van der Waals surface area contributed by atoms with E-state index in [4.69, 9.17) is 9.88 Å². The molecule has 10 heteroatoms. The molecule has 28 heavy (non-hydrogen) atoms. The molecule has 1 aromatic heterocycles. The van der Waals surface area contributed by atoms with Gasteiger partial charge in [0.25, 0.3) is 12.4 Å². The minimum absolute atomic E-state index is 0.0386. The number of Topliss-reactive ketones (excluding diaryl/α,β-unsaturated/α-hetero) is 1. The molecule has 0 saturated heterocycles. The highest BCUT2D eigenvalue weighted by molar-refractivity contribution is 7.89. The third kappa shape index (κ3) is 3.97. The molecule has 0 saturated carbocycles. The number of rotatable bonds is 8. The second-order valence-electron chi connectivity index (χ2n) is 5.89. The van der Waals surface area contributed by atoms with Gasteiger partial charge in [0.1, 0.15) is 10.6 Å². The maximum absolute atomic E-state index is 12.8. The van der Waals surface area contributed by atoms with Crippen LogP contribution in [0.1, 0.15) is 52.9 Å². The molecule has 150 valence electrons. The fraction of sp³-hybridized carbons (Fsp3) is 0.278. The Balaban J connectivity index is 2.68. The molecular formula is C18H21N3O6S. The van der Waals surface area contributed by atoms with Crippen LogP contribution in [0.5, 0.6) is 5.75 Å². The van der Waals surface area contributed by atoms with E-state index >= 15 is 0 Å². The van der Waals surface area contributed by atoms with E-state index in [-0.39, 0.29) is 46.8 Å². The standard InChI is InChI=1S/C18H21N3O6S/c1-4-13-16(11(3)23)17(28(19,25)26)14(5-2)21(13)20-18(24)12-8-6-7-9-15(12)27-10-22/h6-10H,4-5H2,1-3H3,(H,20,24)(H2,19,25,26). The molecule has 9 nitrogen and oxygen atoms in total. The lowest BCUT2D eigenvalue weighted by Gasteiger charge is -2.15. The number of primary sulfonamides is 1. The SMILES string of the molecule is CCc1c(C(C)=O)c(S(N)(=O)=O)c(CC)n1NC(=O)c1ccccc1OC=O. The Hall–Kier alpha value is -2.98. The van der Waals surface area contributed by atoms with Gasteiger partial charge in [-0.2, -0.15) is 0 Å². The average molecular weight is 407 g/mol. The van der Waals surface area contributed by atoms with E-state index in [0.29, 0.717) is 5.69 Å². The summed E-state index contributed by atoms with van der Waals surface area (Å²) >= 11 is 0. The molecule has 0 spiro atoms. The van der Waals surface area contributed by atoms with Crippen molar-refractivity contribution in [2.75, 3.05) is 5.43 Å². The van der Waals surface area contributed by atoms with Crippen LogP contribution in [-0.2, 0) is 27.7 Å². The molecule has 0 aliphatic rings. The molecule has 2 aromatic rings. The Bertz CT molecular complexity index is 1040. The predicted molar refractivity (Wildman–Crippen MR) is 101 cm³/mol. The van der Waals surface area contributed by atoms with Crippen molar-refractivity contribution >= 4 is 28.2 Å². The minimum Gasteiger partial charge on any atom is -0.428 e. The van der Waals surface area contributed by atoms with Crippen molar-refractivity contribution in [2.45, 2.75) is 38.5 Å². The number of carbonyl (C=O) groups excluding carboxylic acids is 3. The molecule has 0 radical (unpaired) electrons. The quantitative estimate of drug-likeness (QED) is 0.501. The predicted octanol–water partition coefficient (Wildman–Crippen LogP) is 1.38. The first kappa shape index (κ1) is 21.3. The minimum atomic E-state index is -4.21. The van der Waals surface area contributed by atoms with Gasteiger partial charge in [0.05, 0.1) is 22.5 Å². The number of amides is 1. The Morgan fingerprint density at radius 2 is 1.79 bits per heavy atom. The van der Waals surface area contributed by atoms with Crippen molar-refractivity contribution in [3.05, 3.63) is 46.8 Å². The van der Waals surface area contributed by atoms with Gasteiger partial charge in [-0.15, -0.1) is 0 Å². The van der Waals surface area contributed by atoms with Gasteiger partial charge in [-0.3, -0.25) is 24.5 Å². The number of aromatic nitrogens is 1. The molecule has 1 aromatic carbocycles. The molecule has 0 fully saturated rings. The average Bonchev–Trinajstić information content (AvgIpc) is 2.96. The lowest BCUT2D eigenvalue weighted by Crippen LogP contribution is -2.27. The first-order valence-electron chi connectivity index (χ1n) is 8.48. The number of carbonyl (C=O) groups is 3. The third-order valence-electron chi connectivity index (χ3n) is 4.14. The summed E-state index contributed by atoms with van der Waals surface area (Å²) in [6.45, 7) is 4.84. The smallest absolute Gasteiger partial charge is 0.298 e. The second kappa shape index (κ2) is 8.36. The van der Waals surface area contributed by atoms with Crippen molar-refractivity contribution in [3.8, 4) is 5.75 Å². The fourth-order valence-corrected chi connectivity index (χ4v) is 4.19. The van der Waals surface area contributed by atoms with Gasteiger partial charge < -0.3 is 4.74 Å². The largest absolute Gasteiger partial charge is 0.428 e. The van der Waals surface area contributed by atoms with E-state index in [9.17, 15) is 22.8 Å². The topological polar surface area (TPSA) is 138 Å².